The predicted octanol–water partition coefficient (Wildman–Crippen LogP) is 1.53. The van der Waals surface area contributed by atoms with Crippen LogP contribution in [0, 0.1) is 24.6 Å². The fourth-order valence-corrected chi connectivity index (χ4v) is 4.62. The molecule has 142 valence electrons. The highest BCUT2D eigenvalue weighted by Gasteiger charge is 2.58. The lowest BCUT2D eigenvalue weighted by Crippen LogP contribution is -2.40. The van der Waals surface area contributed by atoms with Crippen molar-refractivity contribution >= 4 is 5.91 Å². The predicted molar refractivity (Wildman–Crippen MR) is 93.0 cm³/mol. The van der Waals surface area contributed by atoms with Gasteiger partial charge in [-0.3, -0.25) is 14.7 Å². The Labute approximate surface area is 156 Å². The van der Waals surface area contributed by atoms with Gasteiger partial charge in [0.15, 0.2) is 5.82 Å². The van der Waals surface area contributed by atoms with Crippen molar-refractivity contribution in [3.05, 3.63) is 41.6 Å². The molecule has 0 N–H and O–H groups in total. The first-order valence-corrected chi connectivity index (χ1v) is 9.45. The zero-order chi connectivity index (χ0) is 18.6. The first kappa shape index (κ1) is 16.8. The average molecular weight is 371 g/mol. The summed E-state index contributed by atoms with van der Waals surface area (Å²) in [4.78, 5) is 25.2. The van der Waals surface area contributed by atoms with Gasteiger partial charge >= 0.3 is 0 Å². The van der Waals surface area contributed by atoms with Gasteiger partial charge in [0.1, 0.15) is 5.82 Å². The van der Waals surface area contributed by atoms with Crippen LogP contribution in [0.15, 0.2) is 23.0 Å². The maximum Gasteiger partial charge on any atom is 0.236 e. The molecule has 2 aromatic heterocycles. The van der Waals surface area contributed by atoms with Gasteiger partial charge in [0.25, 0.3) is 0 Å². The van der Waals surface area contributed by atoms with E-state index in [1.165, 1.54) is 6.20 Å². The third-order valence-electron chi connectivity index (χ3n) is 6.12. The Bertz CT molecular complexity index is 882. The molecule has 1 saturated carbocycles. The van der Waals surface area contributed by atoms with E-state index < -0.39 is 0 Å². The van der Waals surface area contributed by atoms with Crippen molar-refractivity contribution in [1.29, 1.82) is 0 Å². The third kappa shape index (κ3) is 2.82. The molecule has 3 aliphatic rings. The second kappa shape index (κ2) is 6.09. The number of amides is 1. The molecule has 27 heavy (non-hydrogen) atoms. The summed E-state index contributed by atoms with van der Waals surface area (Å²) in [5, 5.41) is 3.98. The Balaban J connectivity index is 1.41. The summed E-state index contributed by atoms with van der Waals surface area (Å²) in [6.07, 6.45) is 4.86. The Morgan fingerprint density at radius 2 is 2.22 bits per heavy atom. The van der Waals surface area contributed by atoms with Crippen LogP contribution in [-0.4, -0.2) is 57.0 Å². The summed E-state index contributed by atoms with van der Waals surface area (Å²) in [7, 11) is 0. The Kier molecular flexibility index (Phi) is 3.79. The molecule has 3 fully saturated rings. The zero-order valence-corrected chi connectivity index (χ0v) is 15.3. The number of hydrogen-bond acceptors (Lipinski definition) is 6. The maximum atomic E-state index is 14.0. The molecule has 1 amide bonds. The van der Waals surface area contributed by atoms with Crippen LogP contribution in [0.1, 0.15) is 30.1 Å². The molecule has 0 bridgehead atoms. The number of carbonyl (C=O) groups excluding carboxylic acids is 1. The lowest BCUT2D eigenvalue weighted by Gasteiger charge is -2.26. The van der Waals surface area contributed by atoms with Crippen LogP contribution >= 0.6 is 0 Å². The van der Waals surface area contributed by atoms with E-state index in [0.29, 0.717) is 43.5 Å². The van der Waals surface area contributed by atoms with Crippen LogP contribution in [0.4, 0.5) is 4.39 Å². The van der Waals surface area contributed by atoms with Crippen molar-refractivity contribution in [1.82, 2.24) is 24.9 Å². The van der Waals surface area contributed by atoms with Gasteiger partial charge in [-0.2, -0.15) is 4.98 Å². The fraction of sp³-hybridized carbons (Fsp3) is 0.579. The average Bonchev–Trinajstić information content (AvgIpc) is 3.17. The highest BCUT2D eigenvalue weighted by molar-refractivity contribution is 5.81. The van der Waals surface area contributed by atoms with Crippen molar-refractivity contribution in [2.24, 2.45) is 11.8 Å². The number of aryl methyl sites for hydroxylation is 1. The van der Waals surface area contributed by atoms with Crippen LogP contribution in [0.2, 0.25) is 0 Å². The number of carbonyl (C=O) groups is 1. The Hall–Kier alpha value is -2.35. The zero-order valence-electron chi connectivity index (χ0n) is 15.3. The minimum atomic E-state index is -0.366. The van der Waals surface area contributed by atoms with E-state index in [2.05, 4.69) is 20.0 Å². The topological polar surface area (TPSA) is 75.4 Å². The molecule has 0 spiro atoms. The van der Waals surface area contributed by atoms with E-state index in [9.17, 15) is 9.18 Å². The van der Waals surface area contributed by atoms with Crippen molar-refractivity contribution in [3.63, 3.8) is 0 Å². The van der Waals surface area contributed by atoms with E-state index in [-0.39, 0.29) is 29.0 Å². The largest absolute Gasteiger partial charge is 0.341 e. The van der Waals surface area contributed by atoms with Gasteiger partial charge in [-0.1, -0.05) is 5.16 Å². The van der Waals surface area contributed by atoms with E-state index in [4.69, 9.17) is 4.52 Å². The molecule has 4 heterocycles. The van der Waals surface area contributed by atoms with E-state index in [1.54, 1.807) is 19.2 Å². The molecule has 2 saturated heterocycles. The number of halogens is 1. The maximum absolute atomic E-state index is 14.0. The number of nitrogens with zero attached hydrogens (tertiary/aromatic N) is 5. The van der Waals surface area contributed by atoms with Gasteiger partial charge in [0.05, 0.1) is 11.6 Å². The first-order chi connectivity index (χ1) is 13.0. The molecule has 0 radical (unpaired) electrons. The summed E-state index contributed by atoms with van der Waals surface area (Å²) in [5.74, 6) is 1.59. The van der Waals surface area contributed by atoms with Gasteiger partial charge in [-0.15, -0.1) is 0 Å². The number of aromatic nitrogens is 3. The molecule has 2 aromatic rings. The van der Waals surface area contributed by atoms with Crippen LogP contribution in [0.25, 0.3) is 0 Å². The van der Waals surface area contributed by atoms with E-state index >= 15 is 0 Å². The van der Waals surface area contributed by atoms with Crippen molar-refractivity contribution in [2.75, 3.05) is 26.2 Å². The molecule has 2 aliphatic heterocycles. The molecule has 8 heteroatoms. The van der Waals surface area contributed by atoms with E-state index in [1.807, 2.05) is 4.90 Å². The SMILES string of the molecule is Cc1noc([C@]23CN(Cc4ccncc4F)C[C@H]2CN(C(=O)C2CC2)C3)n1. The minimum absolute atomic E-state index is 0.201. The molecule has 1 aliphatic carbocycles. The van der Waals surface area contributed by atoms with Gasteiger partial charge in [0, 0.05) is 56.3 Å². The summed E-state index contributed by atoms with van der Waals surface area (Å²) < 4.78 is 19.6. The molecule has 0 unspecified atom stereocenters. The first-order valence-electron chi connectivity index (χ1n) is 9.45. The Morgan fingerprint density at radius 3 is 2.93 bits per heavy atom. The minimum Gasteiger partial charge on any atom is -0.341 e. The van der Waals surface area contributed by atoms with Crippen LogP contribution < -0.4 is 0 Å². The summed E-state index contributed by atoms with van der Waals surface area (Å²) in [6, 6.07) is 1.72. The van der Waals surface area contributed by atoms with Gasteiger partial charge in [-0.05, 0) is 25.8 Å². The number of pyridine rings is 1. The second-order valence-electron chi connectivity index (χ2n) is 8.13. The fourth-order valence-electron chi connectivity index (χ4n) is 4.62. The van der Waals surface area contributed by atoms with Gasteiger partial charge in [0.2, 0.25) is 11.8 Å². The molecular weight excluding hydrogens is 349 g/mol. The second-order valence-corrected chi connectivity index (χ2v) is 8.13. The number of rotatable bonds is 4. The lowest BCUT2D eigenvalue weighted by molar-refractivity contribution is -0.132. The lowest BCUT2D eigenvalue weighted by atomic mass is 9.81. The van der Waals surface area contributed by atoms with Gasteiger partial charge < -0.3 is 9.42 Å². The highest BCUT2D eigenvalue weighted by atomic mass is 19.1. The third-order valence-corrected chi connectivity index (χ3v) is 6.12. The monoisotopic (exact) mass is 371 g/mol. The van der Waals surface area contributed by atoms with Crippen LogP contribution in [-0.2, 0) is 16.8 Å². The highest BCUT2D eigenvalue weighted by Crippen LogP contribution is 2.46. The van der Waals surface area contributed by atoms with E-state index in [0.717, 1.165) is 19.4 Å². The molecule has 0 aromatic carbocycles. The molecule has 7 nitrogen and oxygen atoms in total. The van der Waals surface area contributed by atoms with Crippen LogP contribution in [0.3, 0.4) is 0 Å². The normalized spacial score (nSPS) is 27.9. The van der Waals surface area contributed by atoms with Crippen molar-refractivity contribution in [3.8, 4) is 0 Å². The molecular formula is C19H22FN5O2. The smallest absolute Gasteiger partial charge is 0.236 e. The number of fused-ring (bicyclic) bond motifs is 1. The molecule has 2 atom stereocenters. The van der Waals surface area contributed by atoms with Gasteiger partial charge in [-0.25, -0.2) is 4.39 Å². The van der Waals surface area contributed by atoms with Crippen LogP contribution in [0.5, 0.6) is 0 Å². The van der Waals surface area contributed by atoms with Crippen molar-refractivity contribution < 1.29 is 13.7 Å². The number of hydrogen-bond donors (Lipinski definition) is 0. The number of likely N-dealkylation sites (tertiary alicyclic amines) is 2. The molecule has 5 rings (SSSR count). The summed E-state index contributed by atoms with van der Waals surface area (Å²) >= 11 is 0. The quantitative estimate of drug-likeness (QED) is 0.811. The van der Waals surface area contributed by atoms with Crippen molar-refractivity contribution in [2.45, 2.75) is 31.7 Å². The summed E-state index contributed by atoms with van der Waals surface area (Å²) in [6.45, 7) is 5.07. The Morgan fingerprint density at radius 1 is 1.37 bits per heavy atom. The standard InChI is InChI=1S/C19H22FN5O2/c1-12-22-18(27-23-12)19-10-24(7-14-4-5-21-6-16(14)20)8-15(19)9-25(11-19)17(26)13-2-3-13/h4-6,13,15H,2-3,7-11H2,1H3/t15-,19-/m0/s1. The summed E-state index contributed by atoms with van der Waals surface area (Å²) in [5.41, 5.74) is 0.266.